The van der Waals surface area contributed by atoms with Crippen LogP contribution in [0.2, 0.25) is 0 Å². The smallest absolute Gasteiger partial charge is 0.239 e. The van der Waals surface area contributed by atoms with Crippen LogP contribution in [0.1, 0.15) is 27.2 Å². The molecule has 1 rings (SSSR count). The van der Waals surface area contributed by atoms with Crippen molar-refractivity contribution in [2.75, 3.05) is 32.7 Å². The van der Waals surface area contributed by atoms with Crippen molar-refractivity contribution in [3.8, 4) is 0 Å². The van der Waals surface area contributed by atoms with Gasteiger partial charge in [0.2, 0.25) is 11.8 Å². The molecule has 118 valence electrons. The van der Waals surface area contributed by atoms with Crippen molar-refractivity contribution in [1.82, 2.24) is 15.1 Å². The van der Waals surface area contributed by atoms with Crippen molar-refractivity contribution in [3.05, 3.63) is 0 Å². The van der Waals surface area contributed by atoms with E-state index >= 15 is 0 Å². The minimum absolute atomic E-state index is 0. The molecule has 1 fully saturated rings. The molecule has 0 spiro atoms. The second-order valence-corrected chi connectivity index (χ2v) is 5.27. The number of nitrogens with zero attached hydrogens (tertiary/aromatic N) is 2. The van der Waals surface area contributed by atoms with Gasteiger partial charge in [-0.2, -0.15) is 0 Å². The largest absolute Gasteiger partial charge is 0.353 e. The summed E-state index contributed by atoms with van der Waals surface area (Å²) < 4.78 is 0. The van der Waals surface area contributed by atoms with Crippen LogP contribution in [0.15, 0.2) is 0 Å². The molecule has 1 aliphatic heterocycles. The van der Waals surface area contributed by atoms with Crippen molar-refractivity contribution in [2.24, 2.45) is 5.73 Å². The molecule has 20 heavy (non-hydrogen) atoms. The van der Waals surface area contributed by atoms with Crippen LogP contribution in [-0.2, 0) is 9.59 Å². The first kappa shape index (κ1) is 19.1. The van der Waals surface area contributed by atoms with Gasteiger partial charge in [-0.05, 0) is 20.3 Å². The van der Waals surface area contributed by atoms with E-state index in [4.69, 9.17) is 5.73 Å². The summed E-state index contributed by atoms with van der Waals surface area (Å²) in [5.41, 5.74) is 5.58. The Morgan fingerprint density at radius 2 is 1.75 bits per heavy atom. The van der Waals surface area contributed by atoms with E-state index in [9.17, 15) is 9.59 Å². The van der Waals surface area contributed by atoms with Crippen LogP contribution in [0, 0.1) is 0 Å². The van der Waals surface area contributed by atoms with Crippen LogP contribution in [-0.4, -0.2) is 66.4 Å². The fourth-order valence-electron chi connectivity index (χ4n) is 2.04. The highest BCUT2D eigenvalue weighted by Crippen LogP contribution is 2.03. The molecular formula is C13H27ClN4O2. The molecule has 0 bridgehead atoms. The summed E-state index contributed by atoms with van der Waals surface area (Å²) in [7, 11) is 0. The third kappa shape index (κ3) is 6.07. The lowest BCUT2D eigenvalue weighted by Gasteiger charge is -2.35. The minimum Gasteiger partial charge on any atom is -0.353 e. The highest BCUT2D eigenvalue weighted by molar-refractivity contribution is 5.85. The zero-order valence-corrected chi connectivity index (χ0v) is 13.4. The Morgan fingerprint density at radius 3 is 2.20 bits per heavy atom. The molecule has 6 nitrogen and oxygen atoms in total. The van der Waals surface area contributed by atoms with Crippen LogP contribution in [0.5, 0.6) is 0 Å². The topological polar surface area (TPSA) is 78.7 Å². The second-order valence-electron chi connectivity index (χ2n) is 5.27. The Kier molecular flexibility index (Phi) is 8.76. The number of piperazine rings is 1. The maximum atomic E-state index is 11.8. The highest BCUT2D eigenvalue weighted by Gasteiger charge is 2.24. The Bertz CT molecular complexity index is 317. The van der Waals surface area contributed by atoms with E-state index in [1.807, 2.05) is 13.8 Å². The number of nitrogens with two attached hydrogens (primary N) is 1. The van der Waals surface area contributed by atoms with Gasteiger partial charge in [-0.25, -0.2) is 0 Å². The van der Waals surface area contributed by atoms with Gasteiger partial charge in [-0.15, -0.1) is 12.4 Å². The van der Waals surface area contributed by atoms with Crippen molar-refractivity contribution < 1.29 is 9.59 Å². The van der Waals surface area contributed by atoms with Crippen LogP contribution >= 0.6 is 12.4 Å². The molecule has 3 N–H and O–H groups in total. The van der Waals surface area contributed by atoms with E-state index in [-0.39, 0.29) is 30.3 Å². The van der Waals surface area contributed by atoms with Gasteiger partial charge in [0.05, 0.1) is 12.6 Å². The number of amides is 2. The minimum atomic E-state index is -0.444. The number of halogens is 1. The molecule has 0 aromatic carbocycles. The number of nitrogens with one attached hydrogen (secondary N) is 1. The summed E-state index contributed by atoms with van der Waals surface area (Å²) >= 11 is 0. The fourth-order valence-corrected chi connectivity index (χ4v) is 2.04. The molecule has 2 atom stereocenters. The maximum absolute atomic E-state index is 11.8. The van der Waals surface area contributed by atoms with Crippen LogP contribution in [0.25, 0.3) is 0 Å². The van der Waals surface area contributed by atoms with Crippen LogP contribution in [0.3, 0.4) is 0 Å². The predicted octanol–water partition coefficient (Wildman–Crippen LogP) is -0.186. The first-order valence-corrected chi connectivity index (χ1v) is 7.00. The summed E-state index contributed by atoms with van der Waals surface area (Å²) in [6.45, 7) is 8.91. The molecule has 1 saturated heterocycles. The summed E-state index contributed by atoms with van der Waals surface area (Å²) in [6.07, 6.45) is 0.933. The molecule has 2 unspecified atom stereocenters. The van der Waals surface area contributed by atoms with E-state index in [1.54, 1.807) is 11.8 Å². The molecule has 0 aliphatic carbocycles. The lowest BCUT2D eigenvalue weighted by atomic mass is 10.2. The Morgan fingerprint density at radius 1 is 1.20 bits per heavy atom. The van der Waals surface area contributed by atoms with Gasteiger partial charge in [0.15, 0.2) is 0 Å². The number of carbonyl (C=O) groups excluding carboxylic acids is 2. The molecule has 0 radical (unpaired) electrons. The Balaban J connectivity index is 0.00000361. The first-order valence-electron chi connectivity index (χ1n) is 7.00. The lowest BCUT2D eigenvalue weighted by Crippen LogP contribution is -2.54. The monoisotopic (exact) mass is 306 g/mol. The fraction of sp³-hybridized carbons (Fsp3) is 0.846. The average molecular weight is 307 g/mol. The van der Waals surface area contributed by atoms with Gasteiger partial charge in [-0.1, -0.05) is 6.92 Å². The normalized spacial score (nSPS) is 18.9. The second kappa shape index (κ2) is 9.15. The quantitative estimate of drug-likeness (QED) is 0.738. The standard InChI is InChI=1S/C13H26N4O2.ClH/c1-4-10(2)15-12(18)9-16-5-7-17(8-6-16)13(19)11(3)14;/h10-11H,4-9,14H2,1-3H3,(H,15,18);1H. The summed E-state index contributed by atoms with van der Waals surface area (Å²) in [4.78, 5) is 27.3. The van der Waals surface area contributed by atoms with E-state index < -0.39 is 6.04 Å². The molecule has 0 aromatic rings. The number of hydrogen-bond acceptors (Lipinski definition) is 4. The zero-order valence-electron chi connectivity index (χ0n) is 12.6. The van der Waals surface area contributed by atoms with E-state index in [1.165, 1.54) is 0 Å². The molecule has 7 heteroatoms. The Labute approximate surface area is 127 Å². The lowest BCUT2D eigenvalue weighted by molar-refractivity contribution is -0.134. The van der Waals surface area contributed by atoms with Crippen molar-refractivity contribution in [1.29, 1.82) is 0 Å². The van der Waals surface area contributed by atoms with Gasteiger partial charge >= 0.3 is 0 Å². The van der Waals surface area contributed by atoms with E-state index in [0.717, 1.165) is 19.5 Å². The first-order chi connectivity index (χ1) is 8.93. The van der Waals surface area contributed by atoms with E-state index in [0.29, 0.717) is 19.6 Å². The summed E-state index contributed by atoms with van der Waals surface area (Å²) in [5.74, 6) is 0.0463. The third-order valence-corrected chi connectivity index (χ3v) is 3.46. The average Bonchev–Trinajstić information content (AvgIpc) is 2.38. The Hall–Kier alpha value is -0.850. The van der Waals surface area contributed by atoms with Gasteiger partial charge in [0.25, 0.3) is 0 Å². The number of carbonyl (C=O) groups is 2. The number of rotatable bonds is 5. The highest BCUT2D eigenvalue weighted by atomic mass is 35.5. The summed E-state index contributed by atoms with van der Waals surface area (Å²) in [5, 5.41) is 2.95. The maximum Gasteiger partial charge on any atom is 0.239 e. The van der Waals surface area contributed by atoms with Crippen molar-refractivity contribution >= 4 is 24.2 Å². The molecular weight excluding hydrogens is 280 g/mol. The predicted molar refractivity (Wildman–Crippen MR) is 81.8 cm³/mol. The van der Waals surface area contributed by atoms with Crippen LogP contribution in [0.4, 0.5) is 0 Å². The van der Waals surface area contributed by atoms with Crippen molar-refractivity contribution in [2.45, 2.75) is 39.3 Å². The van der Waals surface area contributed by atoms with Crippen molar-refractivity contribution in [3.63, 3.8) is 0 Å². The SMILES string of the molecule is CCC(C)NC(=O)CN1CCN(C(=O)C(C)N)CC1.Cl. The van der Waals surface area contributed by atoms with E-state index in [2.05, 4.69) is 10.2 Å². The van der Waals surface area contributed by atoms with Gasteiger partial charge in [0, 0.05) is 32.2 Å². The molecule has 1 aliphatic rings. The third-order valence-electron chi connectivity index (χ3n) is 3.46. The van der Waals surface area contributed by atoms with Gasteiger partial charge in [-0.3, -0.25) is 14.5 Å². The summed E-state index contributed by atoms with van der Waals surface area (Å²) in [6, 6.07) is -0.228. The molecule has 0 saturated carbocycles. The zero-order chi connectivity index (χ0) is 14.4. The van der Waals surface area contributed by atoms with Gasteiger partial charge < -0.3 is 16.0 Å². The molecule has 1 heterocycles. The molecule has 2 amide bonds. The molecule has 0 aromatic heterocycles. The van der Waals surface area contributed by atoms with Crippen LogP contribution < -0.4 is 11.1 Å². The van der Waals surface area contributed by atoms with Gasteiger partial charge in [0.1, 0.15) is 0 Å². The number of hydrogen-bond donors (Lipinski definition) is 2.